The number of fused-ring (bicyclic) bond motifs is 3. The van der Waals surface area contributed by atoms with Gasteiger partial charge in [-0.1, -0.05) is 12.1 Å². The summed E-state index contributed by atoms with van der Waals surface area (Å²) in [5, 5.41) is 9.92. The number of aromatic nitrogens is 2. The molecule has 0 bridgehead atoms. The number of aliphatic carboxylic acids is 1. The lowest BCUT2D eigenvalue weighted by Crippen LogP contribution is -2.43. The zero-order valence-corrected chi connectivity index (χ0v) is 13.2. The monoisotopic (exact) mass is 341 g/mol. The molecule has 1 saturated heterocycles. The first-order valence-corrected chi connectivity index (χ1v) is 7.95. The largest absolute Gasteiger partial charge is 0.480 e. The van der Waals surface area contributed by atoms with E-state index in [1.807, 2.05) is 12.1 Å². The molecular weight excluding hydrogens is 326 g/mol. The van der Waals surface area contributed by atoms with Gasteiger partial charge in [0.15, 0.2) is 0 Å². The Morgan fingerprint density at radius 1 is 1.32 bits per heavy atom. The number of para-hydroxylation sites is 1. The van der Waals surface area contributed by atoms with Crippen LogP contribution in [0.25, 0.3) is 22.1 Å². The molecule has 1 fully saturated rings. The van der Waals surface area contributed by atoms with Crippen LogP contribution in [-0.2, 0) is 16.1 Å². The summed E-state index contributed by atoms with van der Waals surface area (Å²) in [5.74, 6) is -1.44. The zero-order chi connectivity index (χ0) is 17.6. The molecule has 2 aromatic heterocycles. The second-order valence-electron chi connectivity index (χ2n) is 6.04. The molecule has 1 aliphatic heterocycles. The van der Waals surface area contributed by atoms with E-state index in [0.29, 0.717) is 30.5 Å². The number of benzene rings is 1. The topological polar surface area (TPSA) is 106 Å². The van der Waals surface area contributed by atoms with Crippen molar-refractivity contribution in [1.29, 1.82) is 0 Å². The average molecular weight is 341 g/mol. The Hall–Kier alpha value is -3.16. The molecule has 4 rings (SSSR count). The van der Waals surface area contributed by atoms with Crippen molar-refractivity contribution in [2.75, 3.05) is 6.54 Å². The molecule has 0 spiro atoms. The molecule has 128 valence electrons. The van der Waals surface area contributed by atoms with Crippen LogP contribution in [0.5, 0.6) is 0 Å². The molecule has 8 nitrogen and oxygen atoms in total. The van der Waals surface area contributed by atoms with Gasteiger partial charge < -0.3 is 14.4 Å². The summed E-state index contributed by atoms with van der Waals surface area (Å²) in [6.45, 7) is 0.119. The molecule has 0 saturated carbocycles. The lowest BCUT2D eigenvalue weighted by Gasteiger charge is -2.21. The number of likely N-dealkylation sites (tertiary alicyclic amines) is 1. The highest BCUT2D eigenvalue weighted by atomic mass is 16.4. The normalized spacial score (nSPS) is 17.4. The van der Waals surface area contributed by atoms with Crippen molar-refractivity contribution in [2.24, 2.45) is 0 Å². The summed E-state index contributed by atoms with van der Waals surface area (Å²) >= 11 is 0. The molecule has 1 aromatic carbocycles. The zero-order valence-electron chi connectivity index (χ0n) is 13.2. The summed E-state index contributed by atoms with van der Waals surface area (Å²) in [5.41, 5.74) is 0.638. The second-order valence-corrected chi connectivity index (χ2v) is 6.04. The van der Waals surface area contributed by atoms with E-state index in [9.17, 15) is 19.5 Å². The lowest BCUT2D eigenvalue weighted by atomic mass is 10.2. The third-order valence-electron chi connectivity index (χ3n) is 4.51. The SMILES string of the molecule is O=C(O)C1CCCN1C(=O)Cn1cnc2c(oc3ccccc32)c1=O. The van der Waals surface area contributed by atoms with E-state index >= 15 is 0 Å². The van der Waals surface area contributed by atoms with E-state index in [1.165, 1.54) is 11.2 Å². The molecule has 1 atom stereocenters. The number of amides is 1. The Labute approximate surface area is 141 Å². The van der Waals surface area contributed by atoms with Crippen LogP contribution >= 0.6 is 0 Å². The van der Waals surface area contributed by atoms with Gasteiger partial charge in [-0.25, -0.2) is 9.78 Å². The van der Waals surface area contributed by atoms with E-state index in [1.54, 1.807) is 12.1 Å². The van der Waals surface area contributed by atoms with E-state index in [4.69, 9.17) is 4.42 Å². The number of carbonyl (C=O) groups is 2. The molecule has 1 amide bonds. The minimum absolute atomic E-state index is 0.0905. The van der Waals surface area contributed by atoms with E-state index in [2.05, 4.69) is 4.98 Å². The molecule has 1 unspecified atom stereocenters. The minimum Gasteiger partial charge on any atom is -0.480 e. The maximum atomic E-state index is 12.6. The number of nitrogens with zero attached hydrogens (tertiary/aromatic N) is 3. The fourth-order valence-electron chi connectivity index (χ4n) is 3.29. The van der Waals surface area contributed by atoms with Gasteiger partial charge in [0.25, 0.3) is 5.56 Å². The molecular formula is C17H15N3O5. The van der Waals surface area contributed by atoms with Crippen molar-refractivity contribution >= 4 is 33.9 Å². The third-order valence-corrected chi connectivity index (χ3v) is 4.51. The van der Waals surface area contributed by atoms with Crippen molar-refractivity contribution in [3.63, 3.8) is 0 Å². The fourth-order valence-corrected chi connectivity index (χ4v) is 3.29. The first kappa shape index (κ1) is 15.4. The van der Waals surface area contributed by atoms with Gasteiger partial charge in [0.05, 0.1) is 6.33 Å². The predicted octanol–water partition coefficient (Wildman–Crippen LogP) is 1.22. The van der Waals surface area contributed by atoms with Gasteiger partial charge in [0.1, 0.15) is 23.7 Å². The highest BCUT2D eigenvalue weighted by Gasteiger charge is 2.34. The summed E-state index contributed by atoms with van der Waals surface area (Å²) < 4.78 is 6.73. The Kier molecular flexibility index (Phi) is 3.52. The Bertz CT molecular complexity index is 1050. The van der Waals surface area contributed by atoms with Crippen molar-refractivity contribution in [1.82, 2.24) is 14.5 Å². The first-order valence-electron chi connectivity index (χ1n) is 7.95. The van der Waals surface area contributed by atoms with Gasteiger partial charge in [-0.3, -0.25) is 14.2 Å². The highest BCUT2D eigenvalue weighted by molar-refractivity contribution is 6.01. The number of hydrogen-bond donors (Lipinski definition) is 1. The van der Waals surface area contributed by atoms with Crippen LogP contribution in [0.2, 0.25) is 0 Å². The summed E-state index contributed by atoms with van der Waals surface area (Å²) in [4.78, 5) is 41.8. The smallest absolute Gasteiger partial charge is 0.326 e. The molecule has 0 radical (unpaired) electrons. The number of carboxylic acid groups (broad SMARTS) is 1. The standard InChI is InChI=1S/C17H15N3O5/c21-13(20-7-3-5-11(20)17(23)24)8-19-9-18-14-10-4-1-2-6-12(10)25-15(14)16(19)22/h1-2,4,6,9,11H,3,5,7-8H2,(H,23,24). The van der Waals surface area contributed by atoms with Gasteiger partial charge in [-0.2, -0.15) is 0 Å². The van der Waals surface area contributed by atoms with Gasteiger partial charge in [0, 0.05) is 11.9 Å². The summed E-state index contributed by atoms with van der Waals surface area (Å²) in [6.07, 6.45) is 2.37. The van der Waals surface area contributed by atoms with Gasteiger partial charge >= 0.3 is 5.97 Å². The van der Waals surface area contributed by atoms with Crippen molar-refractivity contribution < 1.29 is 19.1 Å². The van der Waals surface area contributed by atoms with Crippen molar-refractivity contribution in [3.8, 4) is 0 Å². The third kappa shape index (κ3) is 2.46. The van der Waals surface area contributed by atoms with Gasteiger partial charge in [-0.05, 0) is 25.0 Å². The van der Waals surface area contributed by atoms with Crippen molar-refractivity contribution in [2.45, 2.75) is 25.4 Å². The molecule has 3 heterocycles. The van der Waals surface area contributed by atoms with E-state index in [0.717, 1.165) is 9.95 Å². The van der Waals surface area contributed by atoms with E-state index < -0.39 is 23.5 Å². The number of rotatable bonds is 3. The maximum Gasteiger partial charge on any atom is 0.326 e. The molecule has 1 aliphatic rings. The number of carboxylic acids is 1. The van der Waals surface area contributed by atoms with Gasteiger partial charge in [0.2, 0.25) is 11.5 Å². The Morgan fingerprint density at radius 3 is 2.92 bits per heavy atom. The quantitative estimate of drug-likeness (QED) is 0.768. The summed E-state index contributed by atoms with van der Waals surface area (Å²) in [7, 11) is 0. The highest BCUT2D eigenvalue weighted by Crippen LogP contribution is 2.24. The lowest BCUT2D eigenvalue weighted by molar-refractivity contribution is -0.148. The fraction of sp³-hybridized carbons (Fsp3) is 0.294. The van der Waals surface area contributed by atoms with Crippen molar-refractivity contribution in [3.05, 3.63) is 40.9 Å². The van der Waals surface area contributed by atoms with Crippen LogP contribution in [0, 0.1) is 0 Å². The molecule has 8 heteroatoms. The van der Waals surface area contributed by atoms with Crippen LogP contribution in [0.3, 0.4) is 0 Å². The Morgan fingerprint density at radius 2 is 2.12 bits per heavy atom. The molecule has 0 aliphatic carbocycles. The summed E-state index contributed by atoms with van der Waals surface area (Å²) in [6, 6.07) is 6.35. The number of furan rings is 1. The van der Waals surface area contributed by atoms with Crippen LogP contribution in [0.15, 0.2) is 39.8 Å². The Balaban J connectivity index is 1.69. The van der Waals surface area contributed by atoms with Crippen LogP contribution in [-0.4, -0.2) is 44.0 Å². The number of carbonyl (C=O) groups excluding carboxylic acids is 1. The second kappa shape index (κ2) is 5.73. The van der Waals surface area contributed by atoms with Crippen LogP contribution < -0.4 is 5.56 Å². The first-order chi connectivity index (χ1) is 12.1. The molecule has 1 N–H and O–H groups in total. The average Bonchev–Trinajstić information content (AvgIpc) is 3.22. The van der Waals surface area contributed by atoms with Gasteiger partial charge in [-0.15, -0.1) is 0 Å². The number of hydrogen-bond acceptors (Lipinski definition) is 5. The maximum absolute atomic E-state index is 12.6. The van der Waals surface area contributed by atoms with E-state index in [-0.39, 0.29) is 12.1 Å². The molecule has 3 aromatic rings. The predicted molar refractivity (Wildman–Crippen MR) is 88.1 cm³/mol. The van der Waals surface area contributed by atoms with Crippen LogP contribution in [0.4, 0.5) is 0 Å². The van der Waals surface area contributed by atoms with Crippen LogP contribution in [0.1, 0.15) is 12.8 Å². The molecule has 25 heavy (non-hydrogen) atoms. The minimum atomic E-state index is -1.02.